The Morgan fingerprint density at radius 3 is 2.86 bits per heavy atom. The molecule has 0 saturated carbocycles. The maximum Gasteiger partial charge on any atom is 0.236 e. The lowest BCUT2D eigenvalue weighted by Gasteiger charge is -2.30. The van der Waals surface area contributed by atoms with Gasteiger partial charge in [0, 0.05) is 25.4 Å². The Hall–Kier alpha value is -1.60. The van der Waals surface area contributed by atoms with Crippen molar-refractivity contribution in [1.29, 1.82) is 0 Å². The number of hydrogen-bond acceptors (Lipinski definition) is 5. The fourth-order valence-corrected chi connectivity index (χ4v) is 3.14. The number of aromatic nitrogens is 3. The first-order chi connectivity index (χ1) is 10.7. The highest BCUT2D eigenvalue weighted by Crippen LogP contribution is 2.26. The number of nitrogens with two attached hydrogens (primary N) is 1. The second kappa shape index (κ2) is 8.14. The van der Waals surface area contributed by atoms with E-state index in [1.165, 1.54) is 4.91 Å². The molecule has 2 rings (SSSR count). The van der Waals surface area contributed by atoms with Gasteiger partial charge in [-0.25, -0.2) is 4.98 Å². The molecule has 6 nitrogen and oxygen atoms in total. The summed E-state index contributed by atoms with van der Waals surface area (Å²) in [5.41, 5.74) is 5.40. The van der Waals surface area contributed by atoms with Crippen LogP contribution in [0.1, 0.15) is 37.3 Å². The van der Waals surface area contributed by atoms with E-state index < -0.39 is 0 Å². The van der Waals surface area contributed by atoms with Gasteiger partial charge in [-0.1, -0.05) is 12.7 Å². The average molecular weight is 321 g/mol. The lowest BCUT2D eigenvalue weighted by atomic mass is 9.96. The number of amides is 1. The Morgan fingerprint density at radius 1 is 1.55 bits per heavy atom. The zero-order valence-corrected chi connectivity index (χ0v) is 13.7. The van der Waals surface area contributed by atoms with Gasteiger partial charge >= 0.3 is 0 Å². The van der Waals surface area contributed by atoms with Gasteiger partial charge in [0.1, 0.15) is 5.82 Å². The minimum Gasteiger partial charge on any atom is -0.342 e. The summed E-state index contributed by atoms with van der Waals surface area (Å²) in [5, 5.41) is 9.19. The topological polar surface area (TPSA) is 87.9 Å². The Bertz CT molecular complexity index is 546. The van der Waals surface area contributed by atoms with Gasteiger partial charge in [0.2, 0.25) is 5.91 Å². The minimum absolute atomic E-state index is 0.0216. The van der Waals surface area contributed by atoms with Crippen molar-refractivity contribution < 1.29 is 4.79 Å². The van der Waals surface area contributed by atoms with Gasteiger partial charge in [-0.3, -0.25) is 9.89 Å². The third-order valence-electron chi connectivity index (χ3n) is 3.83. The van der Waals surface area contributed by atoms with Crippen LogP contribution in [0.3, 0.4) is 0 Å². The van der Waals surface area contributed by atoms with E-state index in [-0.39, 0.29) is 12.5 Å². The maximum atomic E-state index is 11.6. The second-order valence-corrected chi connectivity index (χ2v) is 6.31. The van der Waals surface area contributed by atoms with Gasteiger partial charge in [0.15, 0.2) is 5.82 Å². The van der Waals surface area contributed by atoms with Gasteiger partial charge in [-0.2, -0.15) is 5.10 Å². The van der Waals surface area contributed by atoms with Crippen LogP contribution in [-0.2, 0) is 11.2 Å². The number of carbonyl (C=O) groups excluding carboxylic acids is 1. The third-order valence-corrected chi connectivity index (χ3v) is 4.68. The van der Waals surface area contributed by atoms with E-state index in [2.05, 4.69) is 27.8 Å². The number of H-pyrrole nitrogens is 1. The van der Waals surface area contributed by atoms with Crippen LogP contribution in [0.2, 0.25) is 0 Å². The summed E-state index contributed by atoms with van der Waals surface area (Å²) in [6.07, 6.45) is 4.58. The van der Waals surface area contributed by atoms with Crippen LogP contribution in [-0.4, -0.2) is 45.6 Å². The lowest BCUT2D eigenvalue weighted by Crippen LogP contribution is -2.41. The number of thioether (sulfide) groups is 1. The number of hydrogen-bond donors (Lipinski definition) is 2. The van der Waals surface area contributed by atoms with Gasteiger partial charge in [0.05, 0.1) is 6.54 Å². The number of likely N-dealkylation sites (tertiary alicyclic amines) is 1. The molecule has 120 valence electrons. The molecule has 3 N–H and O–H groups in total. The number of piperidine rings is 1. The van der Waals surface area contributed by atoms with Crippen LogP contribution < -0.4 is 5.73 Å². The van der Waals surface area contributed by atoms with E-state index in [4.69, 9.17) is 5.73 Å². The third kappa shape index (κ3) is 4.20. The number of allylic oxidation sites excluding steroid dienone is 2. The van der Waals surface area contributed by atoms with Crippen molar-refractivity contribution in [2.24, 2.45) is 5.73 Å². The van der Waals surface area contributed by atoms with Crippen molar-refractivity contribution in [3.63, 3.8) is 0 Å². The van der Waals surface area contributed by atoms with Gasteiger partial charge < -0.3 is 10.6 Å². The smallest absolute Gasteiger partial charge is 0.236 e. The van der Waals surface area contributed by atoms with Crippen molar-refractivity contribution in [2.75, 3.05) is 19.6 Å². The summed E-state index contributed by atoms with van der Waals surface area (Å²) in [4.78, 5) is 19.2. The molecule has 1 aromatic heterocycles. The highest BCUT2D eigenvalue weighted by atomic mass is 32.2. The van der Waals surface area contributed by atoms with Crippen LogP contribution in [0, 0.1) is 0 Å². The standard InChI is InChI=1S/C15H23N5OS/c1-3-12(22-4-2)9-13-17-15(19-18-13)11-5-7-20(8-6-11)14(21)10-16/h3-4,11H,2,5-10,16H2,1H3,(H,17,18,19)/b12-3-. The number of nitrogens with zero attached hydrogens (tertiary/aromatic N) is 3. The predicted octanol–water partition coefficient (Wildman–Crippen LogP) is 1.79. The molecule has 0 radical (unpaired) electrons. The van der Waals surface area contributed by atoms with Crippen molar-refractivity contribution in [1.82, 2.24) is 20.1 Å². The Balaban J connectivity index is 1.92. The molecule has 1 aliphatic heterocycles. The monoisotopic (exact) mass is 321 g/mol. The van der Waals surface area contributed by atoms with E-state index in [0.717, 1.165) is 44.0 Å². The SMILES string of the molecule is C=CS/C(=C\C)Cc1nc(C2CCN(C(=O)CN)CC2)n[nH]1. The molecule has 0 aliphatic carbocycles. The molecule has 0 bridgehead atoms. The first-order valence-electron chi connectivity index (χ1n) is 7.49. The second-order valence-electron chi connectivity index (χ2n) is 5.22. The molecule has 22 heavy (non-hydrogen) atoms. The van der Waals surface area contributed by atoms with Crippen LogP contribution >= 0.6 is 11.8 Å². The van der Waals surface area contributed by atoms with E-state index >= 15 is 0 Å². The van der Waals surface area contributed by atoms with Crippen LogP contribution in [0.4, 0.5) is 0 Å². The van der Waals surface area contributed by atoms with Crippen molar-refractivity contribution in [3.8, 4) is 0 Å². The average Bonchev–Trinajstić information content (AvgIpc) is 3.02. The largest absolute Gasteiger partial charge is 0.342 e. The fraction of sp³-hybridized carbons (Fsp3) is 0.533. The molecular weight excluding hydrogens is 298 g/mol. The quantitative estimate of drug-likeness (QED) is 0.834. The zero-order chi connectivity index (χ0) is 15.9. The summed E-state index contributed by atoms with van der Waals surface area (Å²) < 4.78 is 0. The Morgan fingerprint density at radius 2 is 2.27 bits per heavy atom. The summed E-state index contributed by atoms with van der Waals surface area (Å²) in [6.45, 7) is 7.29. The van der Waals surface area contributed by atoms with E-state index in [0.29, 0.717) is 5.92 Å². The molecule has 1 saturated heterocycles. The van der Waals surface area contributed by atoms with Crippen molar-refractivity contribution in [3.05, 3.63) is 34.6 Å². The number of rotatable bonds is 6. The lowest BCUT2D eigenvalue weighted by molar-refractivity contribution is -0.130. The zero-order valence-electron chi connectivity index (χ0n) is 12.9. The Labute approximate surface area is 135 Å². The molecule has 2 heterocycles. The number of aromatic amines is 1. The normalized spacial score (nSPS) is 16.8. The van der Waals surface area contributed by atoms with Crippen LogP contribution in [0.25, 0.3) is 0 Å². The Kier molecular flexibility index (Phi) is 6.21. The van der Waals surface area contributed by atoms with E-state index in [1.807, 2.05) is 17.2 Å². The van der Waals surface area contributed by atoms with E-state index in [1.54, 1.807) is 11.8 Å². The fourth-order valence-electron chi connectivity index (χ4n) is 2.57. The van der Waals surface area contributed by atoms with E-state index in [9.17, 15) is 4.79 Å². The molecule has 0 aromatic carbocycles. The van der Waals surface area contributed by atoms with Crippen LogP contribution in [0.15, 0.2) is 23.0 Å². The first-order valence-corrected chi connectivity index (χ1v) is 8.37. The summed E-state index contributed by atoms with van der Waals surface area (Å²) in [6, 6.07) is 0. The first kappa shape index (κ1) is 16.8. The predicted molar refractivity (Wildman–Crippen MR) is 89.2 cm³/mol. The van der Waals surface area contributed by atoms with Gasteiger partial charge in [0.25, 0.3) is 0 Å². The molecule has 0 spiro atoms. The molecular formula is C15H23N5OS. The highest BCUT2D eigenvalue weighted by Gasteiger charge is 2.25. The van der Waals surface area contributed by atoms with Crippen molar-refractivity contribution in [2.45, 2.75) is 32.1 Å². The molecule has 0 unspecified atom stereocenters. The van der Waals surface area contributed by atoms with Gasteiger partial charge in [-0.15, -0.1) is 11.8 Å². The molecule has 1 amide bonds. The minimum atomic E-state index is 0.0216. The molecule has 0 atom stereocenters. The molecule has 7 heteroatoms. The van der Waals surface area contributed by atoms with Crippen LogP contribution in [0.5, 0.6) is 0 Å². The summed E-state index contributed by atoms with van der Waals surface area (Å²) in [5.74, 6) is 2.06. The van der Waals surface area contributed by atoms with Gasteiger partial charge in [-0.05, 0) is 30.1 Å². The maximum absolute atomic E-state index is 11.6. The molecule has 1 fully saturated rings. The molecule has 1 aliphatic rings. The van der Waals surface area contributed by atoms with Crippen molar-refractivity contribution >= 4 is 17.7 Å². The number of nitrogens with one attached hydrogen (secondary N) is 1. The summed E-state index contributed by atoms with van der Waals surface area (Å²) in [7, 11) is 0. The molecule has 1 aromatic rings. The summed E-state index contributed by atoms with van der Waals surface area (Å²) >= 11 is 1.60. The number of carbonyl (C=O) groups is 1. The highest BCUT2D eigenvalue weighted by molar-refractivity contribution is 8.05.